The van der Waals surface area contributed by atoms with Gasteiger partial charge in [-0.3, -0.25) is 14.4 Å². The number of carbonyl (C=O) groups is 3. The van der Waals surface area contributed by atoms with Crippen LogP contribution in [-0.2, 0) is 16.1 Å². The molecule has 0 aliphatic rings. The fourth-order valence-electron chi connectivity index (χ4n) is 2.26. The standard InChI is InChI=1S/C19H16N2O5S/c1-25-13-5-2-4-12(10-13)21-19(24)18(23)20-11-14-7-8-16(27-14)17(22)15-6-3-9-26-15/h2-10H,11H2,1H3,(H,20,23)(H,21,24). The van der Waals surface area contributed by atoms with Gasteiger partial charge in [-0.1, -0.05) is 6.07 Å². The highest BCUT2D eigenvalue weighted by atomic mass is 32.1. The quantitative estimate of drug-likeness (QED) is 0.503. The maximum absolute atomic E-state index is 12.2. The lowest BCUT2D eigenvalue weighted by Gasteiger charge is -2.07. The highest BCUT2D eigenvalue weighted by molar-refractivity contribution is 7.14. The summed E-state index contributed by atoms with van der Waals surface area (Å²) in [4.78, 5) is 37.4. The summed E-state index contributed by atoms with van der Waals surface area (Å²) in [6.45, 7) is 0.139. The number of methoxy groups -OCH3 is 1. The molecule has 3 aromatic rings. The van der Waals surface area contributed by atoms with E-state index in [2.05, 4.69) is 10.6 Å². The topological polar surface area (TPSA) is 97.6 Å². The van der Waals surface area contributed by atoms with Gasteiger partial charge in [0.25, 0.3) is 0 Å². The molecule has 0 fully saturated rings. The number of anilines is 1. The fraction of sp³-hybridized carbons (Fsp3) is 0.105. The molecule has 138 valence electrons. The first-order valence-electron chi connectivity index (χ1n) is 7.97. The second-order valence-corrected chi connectivity index (χ2v) is 6.61. The second-order valence-electron chi connectivity index (χ2n) is 5.44. The van der Waals surface area contributed by atoms with E-state index in [4.69, 9.17) is 9.15 Å². The van der Waals surface area contributed by atoms with Gasteiger partial charge in [-0.25, -0.2) is 0 Å². The summed E-state index contributed by atoms with van der Waals surface area (Å²) in [5, 5.41) is 5.03. The molecule has 2 amide bonds. The van der Waals surface area contributed by atoms with Crippen LogP contribution < -0.4 is 15.4 Å². The van der Waals surface area contributed by atoms with Crippen molar-refractivity contribution in [3.8, 4) is 5.75 Å². The Bertz CT molecular complexity index is 962. The molecule has 2 N–H and O–H groups in total. The van der Waals surface area contributed by atoms with Crippen LogP contribution in [0.15, 0.2) is 59.2 Å². The lowest BCUT2D eigenvalue weighted by atomic mass is 10.2. The van der Waals surface area contributed by atoms with Gasteiger partial charge >= 0.3 is 11.8 Å². The number of thiophene rings is 1. The highest BCUT2D eigenvalue weighted by Crippen LogP contribution is 2.20. The maximum atomic E-state index is 12.2. The summed E-state index contributed by atoms with van der Waals surface area (Å²) in [7, 11) is 1.51. The molecule has 0 aliphatic heterocycles. The molecular formula is C19H16N2O5S. The van der Waals surface area contributed by atoms with E-state index in [0.717, 1.165) is 4.88 Å². The number of ketones is 1. The second kappa shape index (κ2) is 8.33. The lowest BCUT2D eigenvalue weighted by molar-refractivity contribution is -0.136. The number of hydrogen-bond donors (Lipinski definition) is 2. The van der Waals surface area contributed by atoms with Crippen LogP contribution in [0.1, 0.15) is 20.3 Å². The Morgan fingerprint density at radius 1 is 1.07 bits per heavy atom. The van der Waals surface area contributed by atoms with E-state index in [-0.39, 0.29) is 18.1 Å². The van der Waals surface area contributed by atoms with Crippen LogP contribution in [0.2, 0.25) is 0 Å². The molecule has 0 unspecified atom stereocenters. The minimum atomic E-state index is -0.785. The van der Waals surface area contributed by atoms with Crippen molar-refractivity contribution in [2.75, 3.05) is 12.4 Å². The van der Waals surface area contributed by atoms with Crippen LogP contribution in [0.25, 0.3) is 0 Å². The number of amides is 2. The zero-order valence-electron chi connectivity index (χ0n) is 14.4. The minimum Gasteiger partial charge on any atom is -0.497 e. The molecule has 7 nitrogen and oxygen atoms in total. The first-order valence-corrected chi connectivity index (χ1v) is 8.78. The fourth-order valence-corrected chi connectivity index (χ4v) is 3.15. The van der Waals surface area contributed by atoms with Crippen LogP contribution in [-0.4, -0.2) is 24.7 Å². The molecule has 1 aromatic carbocycles. The number of rotatable bonds is 6. The molecule has 0 atom stereocenters. The number of carbonyl (C=O) groups excluding carboxylic acids is 3. The normalized spacial score (nSPS) is 10.3. The molecule has 3 rings (SSSR count). The molecule has 0 saturated heterocycles. The van der Waals surface area contributed by atoms with E-state index < -0.39 is 11.8 Å². The van der Waals surface area contributed by atoms with Crippen LogP contribution in [0.5, 0.6) is 5.75 Å². The average molecular weight is 384 g/mol. The van der Waals surface area contributed by atoms with Crippen LogP contribution in [0.3, 0.4) is 0 Å². The van der Waals surface area contributed by atoms with E-state index >= 15 is 0 Å². The zero-order chi connectivity index (χ0) is 19.2. The molecule has 0 radical (unpaired) electrons. The van der Waals surface area contributed by atoms with Crippen LogP contribution in [0, 0.1) is 0 Å². The number of hydrogen-bond acceptors (Lipinski definition) is 6. The van der Waals surface area contributed by atoms with Crippen molar-refractivity contribution in [3.05, 3.63) is 70.3 Å². The van der Waals surface area contributed by atoms with Gasteiger partial charge in [0.2, 0.25) is 5.78 Å². The van der Waals surface area contributed by atoms with Crippen molar-refractivity contribution < 1.29 is 23.5 Å². The Hall–Kier alpha value is -3.39. The summed E-state index contributed by atoms with van der Waals surface area (Å²) in [6, 6.07) is 13.3. The van der Waals surface area contributed by atoms with E-state index in [9.17, 15) is 14.4 Å². The average Bonchev–Trinajstić information content (AvgIpc) is 3.37. The maximum Gasteiger partial charge on any atom is 0.313 e. The number of ether oxygens (including phenoxy) is 1. The van der Waals surface area contributed by atoms with Crippen molar-refractivity contribution in [1.29, 1.82) is 0 Å². The van der Waals surface area contributed by atoms with Gasteiger partial charge in [-0.15, -0.1) is 11.3 Å². The van der Waals surface area contributed by atoms with Crippen LogP contribution in [0.4, 0.5) is 5.69 Å². The van der Waals surface area contributed by atoms with E-state index in [1.54, 1.807) is 48.5 Å². The molecular weight excluding hydrogens is 368 g/mol. The molecule has 27 heavy (non-hydrogen) atoms. The third kappa shape index (κ3) is 4.62. The third-order valence-electron chi connectivity index (χ3n) is 3.59. The van der Waals surface area contributed by atoms with Crippen molar-refractivity contribution >= 4 is 34.6 Å². The molecule has 8 heteroatoms. The highest BCUT2D eigenvalue weighted by Gasteiger charge is 2.16. The van der Waals surface area contributed by atoms with Gasteiger partial charge in [-0.2, -0.15) is 0 Å². The van der Waals surface area contributed by atoms with E-state index in [1.807, 2.05) is 0 Å². The first-order chi connectivity index (χ1) is 13.1. The predicted octanol–water partition coefficient (Wildman–Crippen LogP) is 2.84. The number of furan rings is 1. The Labute approximate surface area is 159 Å². The van der Waals surface area contributed by atoms with Gasteiger partial charge in [-0.05, 0) is 36.4 Å². The Morgan fingerprint density at radius 2 is 1.93 bits per heavy atom. The van der Waals surface area contributed by atoms with Crippen molar-refractivity contribution in [3.63, 3.8) is 0 Å². The Kier molecular flexibility index (Phi) is 5.68. The Balaban J connectivity index is 1.54. The zero-order valence-corrected chi connectivity index (χ0v) is 15.2. The molecule has 2 heterocycles. The molecule has 2 aromatic heterocycles. The first kappa shape index (κ1) is 18.4. The summed E-state index contributed by atoms with van der Waals surface area (Å²) in [5.74, 6) is -0.958. The van der Waals surface area contributed by atoms with Gasteiger partial charge < -0.3 is 19.8 Å². The SMILES string of the molecule is COc1cccc(NC(=O)C(=O)NCc2ccc(C(=O)c3ccco3)s2)c1. The number of benzene rings is 1. The monoisotopic (exact) mass is 384 g/mol. The molecule has 0 spiro atoms. The summed E-state index contributed by atoms with van der Waals surface area (Å²) in [6.07, 6.45) is 1.43. The molecule has 0 saturated carbocycles. The van der Waals surface area contributed by atoms with Gasteiger partial charge in [0.05, 0.1) is 24.8 Å². The van der Waals surface area contributed by atoms with E-state index in [0.29, 0.717) is 16.3 Å². The lowest BCUT2D eigenvalue weighted by Crippen LogP contribution is -2.34. The number of nitrogens with one attached hydrogen (secondary N) is 2. The Morgan fingerprint density at radius 3 is 2.67 bits per heavy atom. The van der Waals surface area contributed by atoms with E-state index in [1.165, 1.54) is 24.7 Å². The van der Waals surface area contributed by atoms with Crippen molar-refractivity contribution in [2.45, 2.75) is 6.54 Å². The third-order valence-corrected chi connectivity index (χ3v) is 4.67. The van der Waals surface area contributed by atoms with Crippen molar-refractivity contribution in [1.82, 2.24) is 5.32 Å². The molecule has 0 bridgehead atoms. The summed E-state index contributed by atoms with van der Waals surface area (Å²) in [5.41, 5.74) is 0.456. The van der Waals surface area contributed by atoms with Crippen LogP contribution >= 0.6 is 11.3 Å². The van der Waals surface area contributed by atoms with Crippen molar-refractivity contribution in [2.24, 2.45) is 0 Å². The van der Waals surface area contributed by atoms with Gasteiger partial charge in [0.15, 0.2) is 5.76 Å². The summed E-state index contributed by atoms with van der Waals surface area (Å²) >= 11 is 1.23. The minimum absolute atomic E-state index is 0.139. The molecule has 0 aliphatic carbocycles. The largest absolute Gasteiger partial charge is 0.497 e. The predicted molar refractivity (Wildman–Crippen MR) is 99.9 cm³/mol. The van der Waals surface area contributed by atoms with Gasteiger partial charge in [0.1, 0.15) is 5.75 Å². The summed E-state index contributed by atoms with van der Waals surface area (Å²) < 4.78 is 10.2. The smallest absolute Gasteiger partial charge is 0.313 e. The van der Waals surface area contributed by atoms with Gasteiger partial charge in [0, 0.05) is 16.6 Å².